The van der Waals surface area contributed by atoms with Crippen molar-refractivity contribution in [2.24, 2.45) is 0 Å². The fourth-order valence-electron chi connectivity index (χ4n) is 3.58. The summed E-state index contributed by atoms with van der Waals surface area (Å²) in [5, 5.41) is 3.69. The van der Waals surface area contributed by atoms with Gasteiger partial charge in [0.2, 0.25) is 0 Å². The molecule has 0 heterocycles. The van der Waals surface area contributed by atoms with Crippen LogP contribution in [0.1, 0.15) is 65.7 Å². The molecule has 0 unspecified atom stereocenters. The van der Waals surface area contributed by atoms with Gasteiger partial charge in [-0.05, 0) is 51.5 Å². The summed E-state index contributed by atoms with van der Waals surface area (Å²) in [6.45, 7) is 10.0. The molecular weight excluding hydrogens is 248 g/mol. The van der Waals surface area contributed by atoms with E-state index in [9.17, 15) is 0 Å². The van der Waals surface area contributed by atoms with Crippen LogP contribution in [-0.4, -0.2) is 49.8 Å². The highest BCUT2D eigenvalue weighted by Gasteiger charge is 2.28. The van der Waals surface area contributed by atoms with Crippen LogP contribution >= 0.6 is 0 Å². The van der Waals surface area contributed by atoms with Crippen LogP contribution in [-0.2, 0) is 4.74 Å². The molecule has 0 bridgehead atoms. The maximum absolute atomic E-state index is 5.32. The van der Waals surface area contributed by atoms with Crippen LogP contribution < -0.4 is 5.32 Å². The molecule has 0 radical (unpaired) electrons. The van der Waals surface area contributed by atoms with Crippen LogP contribution in [0.4, 0.5) is 0 Å². The normalized spacial score (nSPS) is 23.7. The van der Waals surface area contributed by atoms with E-state index in [4.69, 9.17) is 4.74 Å². The molecule has 0 aromatic rings. The van der Waals surface area contributed by atoms with Crippen molar-refractivity contribution in [3.05, 3.63) is 0 Å². The second-order valence-electron chi connectivity index (χ2n) is 6.16. The average molecular weight is 284 g/mol. The second-order valence-corrected chi connectivity index (χ2v) is 6.16. The lowest BCUT2D eigenvalue weighted by Gasteiger charge is -2.41. The molecule has 0 atom stereocenters. The second kappa shape index (κ2) is 10.6. The summed E-state index contributed by atoms with van der Waals surface area (Å²) in [7, 11) is 1.82. The minimum Gasteiger partial charge on any atom is -0.383 e. The Balaban J connectivity index is 2.47. The highest BCUT2D eigenvalue weighted by atomic mass is 16.5. The van der Waals surface area contributed by atoms with Gasteiger partial charge < -0.3 is 10.1 Å². The van der Waals surface area contributed by atoms with Crippen molar-refractivity contribution in [2.45, 2.75) is 83.8 Å². The Morgan fingerprint density at radius 1 is 1.10 bits per heavy atom. The van der Waals surface area contributed by atoms with Crippen molar-refractivity contribution in [3.63, 3.8) is 0 Å². The van der Waals surface area contributed by atoms with Crippen molar-refractivity contribution in [1.82, 2.24) is 10.2 Å². The molecule has 3 nitrogen and oxygen atoms in total. The Bertz CT molecular complexity index is 223. The number of rotatable bonds is 10. The lowest BCUT2D eigenvalue weighted by molar-refractivity contribution is 0.0586. The summed E-state index contributed by atoms with van der Waals surface area (Å²) >= 11 is 0. The molecule has 0 amide bonds. The van der Waals surface area contributed by atoms with Crippen LogP contribution in [0, 0.1) is 0 Å². The molecule has 20 heavy (non-hydrogen) atoms. The number of hydrogen-bond acceptors (Lipinski definition) is 3. The van der Waals surface area contributed by atoms with Gasteiger partial charge in [0.15, 0.2) is 0 Å². The highest BCUT2D eigenvalue weighted by Crippen LogP contribution is 2.26. The zero-order chi connectivity index (χ0) is 14.8. The largest absolute Gasteiger partial charge is 0.383 e. The lowest BCUT2D eigenvalue weighted by Crippen LogP contribution is -2.48. The van der Waals surface area contributed by atoms with Gasteiger partial charge in [0, 0.05) is 31.8 Å². The monoisotopic (exact) mass is 284 g/mol. The molecule has 0 aromatic carbocycles. The topological polar surface area (TPSA) is 24.5 Å². The summed E-state index contributed by atoms with van der Waals surface area (Å²) in [6, 6.07) is 2.27. The van der Waals surface area contributed by atoms with Crippen molar-refractivity contribution in [1.29, 1.82) is 0 Å². The van der Waals surface area contributed by atoms with Gasteiger partial charge in [-0.2, -0.15) is 0 Å². The van der Waals surface area contributed by atoms with Gasteiger partial charge in [0.1, 0.15) is 0 Å². The maximum Gasteiger partial charge on any atom is 0.0589 e. The smallest absolute Gasteiger partial charge is 0.0589 e. The van der Waals surface area contributed by atoms with Gasteiger partial charge in [-0.15, -0.1) is 0 Å². The minimum atomic E-state index is 0.732. The number of hydrogen-bond donors (Lipinski definition) is 1. The average Bonchev–Trinajstić information content (AvgIpc) is 2.50. The van der Waals surface area contributed by atoms with Gasteiger partial charge in [-0.25, -0.2) is 0 Å². The van der Waals surface area contributed by atoms with Crippen molar-refractivity contribution < 1.29 is 4.74 Å². The van der Waals surface area contributed by atoms with Gasteiger partial charge in [-0.1, -0.05) is 20.8 Å². The summed E-state index contributed by atoms with van der Waals surface area (Å²) in [5.41, 5.74) is 0. The Labute approximate surface area is 126 Å². The van der Waals surface area contributed by atoms with E-state index in [1.165, 1.54) is 51.5 Å². The molecular formula is C17H36N2O. The Hall–Kier alpha value is -0.120. The number of methoxy groups -OCH3 is 1. The third kappa shape index (κ3) is 5.71. The first-order valence-corrected chi connectivity index (χ1v) is 8.74. The maximum atomic E-state index is 5.32. The van der Waals surface area contributed by atoms with Crippen LogP contribution in [0.5, 0.6) is 0 Å². The lowest BCUT2D eigenvalue weighted by atomic mass is 9.88. The van der Waals surface area contributed by atoms with Crippen LogP contribution in [0.3, 0.4) is 0 Å². The minimum absolute atomic E-state index is 0.732. The molecule has 120 valence electrons. The molecule has 0 saturated heterocycles. The molecule has 1 N–H and O–H groups in total. The summed E-state index contributed by atoms with van der Waals surface area (Å²) < 4.78 is 5.32. The van der Waals surface area contributed by atoms with E-state index in [1.54, 1.807) is 0 Å². The number of nitrogens with one attached hydrogen (secondary N) is 1. The first-order valence-electron chi connectivity index (χ1n) is 8.74. The van der Waals surface area contributed by atoms with E-state index >= 15 is 0 Å². The Morgan fingerprint density at radius 3 is 2.25 bits per heavy atom. The SMILES string of the molecule is CCCNC1CCC(N(CCOC)C(CC)CC)CC1. The summed E-state index contributed by atoms with van der Waals surface area (Å²) in [5.74, 6) is 0. The molecule has 3 heteroatoms. The van der Waals surface area contributed by atoms with Gasteiger partial charge in [0.25, 0.3) is 0 Å². The molecule has 0 aliphatic heterocycles. The number of ether oxygens (including phenoxy) is 1. The molecule has 1 rings (SSSR count). The van der Waals surface area contributed by atoms with Gasteiger partial charge in [-0.3, -0.25) is 4.90 Å². The van der Waals surface area contributed by atoms with E-state index in [2.05, 4.69) is 31.0 Å². The van der Waals surface area contributed by atoms with Crippen molar-refractivity contribution in [2.75, 3.05) is 26.8 Å². The third-order valence-corrected chi connectivity index (χ3v) is 4.81. The predicted molar refractivity (Wildman–Crippen MR) is 87.3 cm³/mol. The molecule has 1 aliphatic rings. The Kier molecular flexibility index (Phi) is 9.49. The van der Waals surface area contributed by atoms with Crippen molar-refractivity contribution in [3.8, 4) is 0 Å². The molecule has 0 aromatic heterocycles. The molecule has 1 saturated carbocycles. The van der Waals surface area contributed by atoms with Crippen LogP contribution in [0.2, 0.25) is 0 Å². The molecule has 1 fully saturated rings. The molecule has 0 spiro atoms. The standard InChI is InChI=1S/C17H36N2O/c1-5-12-18-15-8-10-17(11-9-15)19(13-14-20-4)16(6-2)7-3/h15-18H,5-14H2,1-4H3. The number of nitrogens with zero attached hydrogens (tertiary/aromatic N) is 1. The van der Waals surface area contributed by atoms with E-state index in [-0.39, 0.29) is 0 Å². The first kappa shape index (κ1) is 17.9. The van der Waals surface area contributed by atoms with Crippen molar-refractivity contribution >= 4 is 0 Å². The van der Waals surface area contributed by atoms with E-state index in [0.717, 1.165) is 31.3 Å². The van der Waals surface area contributed by atoms with E-state index in [0.29, 0.717) is 0 Å². The summed E-state index contributed by atoms with van der Waals surface area (Å²) in [6.07, 6.45) is 9.14. The third-order valence-electron chi connectivity index (χ3n) is 4.81. The summed E-state index contributed by atoms with van der Waals surface area (Å²) in [4.78, 5) is 2.74. The molecule has 1 aliphatic carbocycles. The quantitative estimate of drug-likeness (QED) is 0.665. The Morgan fingerprint density at radius 2 is 1.75 bits per heavy atom. The van der Waals surface area contributed by atoms with E-state index in [1.807, 2.05) is 7.11 Å². The highest BCUT2D eigenvalue weighted by molar-refractivity contribution is 4.85. The van der Waals surface area contributed by atoms with Crippen LogP contribution in [0.15, 0.2) is 0 Å². The fraction of sp³-hybridized carbons (Fsp3) is 1.00. The van der Waals surface area contributed by atoms with E-state index < -0.39 is 0 Å². The zero-order valence-corrected chi connectivity index (χ0v) is 14.2. The van der Waals surface area contributed by atoms with Gasteiger partial charge in [0.05, 0.1) is 6.61 Å². The van der Waals surface area contributed by atoms with Gasteiger partial charge >= 0.3 is 0 Å². The first-order chi connectivity index (χ1) is 9.76. The zero-order valence-electron chi connectivity index (χ0n) is 14.2. The van der Waals surface area contributed by atoms with Crippen LogP contribution in [0.25, 0.3) is 0 Å². The predicted octanol–water partition coefficient (Wildman–Crippen LogP) is 3.43. The fourth-order valence-corrected chi connectivity index (χ4v) is 3.58.